The Kier molecular flexibility index (Phi) is 3.85. The maximum Gasteiger partial charge on any atom is 0.374 e. The molecule has 22 heavy (non-hydrogen) atoms. The van der Waals surface area contributed by atoms with E-state index in [-0.39, 0.29) is 0 Å². The lowest BCUT2D eigenvalue weighted by Gasteiger charge is -2.08. The first kappa shape index (κ1) is 15.5. The van der Waals surface area contributed by atoms with Crippen LogP contribution < -0.4 is 0 Å². The normalized spacial score (nSPS) is 10.6. The highest BCUT2D eigenvalue weighted by atomic mass is 19.2. The van der Waals surface area contributed by atoms with Gasteiger partial charge in [0, 0.05) is 6.07 Å². The van der Waals surface area contributed by atoms with Crippen molar-refractivity contribution < 1.29 is 41.5 Å². The summed E-state index contributed by atoms with van der Waals surface area (Å²) in [7, 11) is 0.766. The summed E-state index contributed by atoms with van der Waals surface area (Å²) in [4.78, 5) is 21.8. The van der Waals surface area contributed by atoms with Gasteiger partial charge in [-0.3, -0.25) is 0 Å². The van der Waals surface area contributed by atoms with Crippen LogP contribution in [0.2, 0.25) is 0 Å². The summed E-state index contributed by atoms with van der Waals surface area (Å²) in [5, 5.41) is 11.6. The van der Waals surface area contributed by atoms with Crippen LogP contribution in [0, 0.1) is 23.3 Å². The molecule has 2 aromatic rings. The van der Waals surface area contributed by atoms with Gasteiger partial charge in [0.2, 0.25) is 5.76 Å². The second kappa shape index (κ2) is 5.47. The average molecular weight is 319 g/mol. The first-order valence-electron chi connectivity index (χ1n) is 5.44. The number of esters is 1. The van der Waals surface area contributed by atoms with Crippen molar-refractivity contribution in [2.24, 2.45) is 0 Å². The first-order valence-corrected chi connectivity index (χ1v) is 5.44. The largest absolute Gasteiger partial charge is 0.475 e. The Labute approximate surface area is 118 Å². The number of ether oxygens (including phenoxy) is 1. The number of carbonyl (C=O) groups is 2. The van der Waals surface area contributed by atoms with Crippen molar-refractivity contribution in [1.82, 2.24) is 5.16 Å². The molecular formula is C12H5F4NO5. The predicted molar refractivity (Wildman–Crippen MR) is 60.1 cm³/mol. The summed E-state index contributed by atoms with van der Waals surface area (Å²) < 4.78 is 63.5. The van der Waals surface area contributed by atoms with Crippen molar-refractivity contribution >= 4 is 11.9 Å². The second-order valence-electron chi connectivity index (χ2n) is 3.88. The molecule has 1 aromatic heterocycles. The van der Waals surface area contributed by atoms with Gasteiger partial charge in [0.25, 0.3) is 0 Å². The molecule has 0 saturated carbocycles. The maximum atomic E-state index is 13.9. The molecule has 0 saturated heterocycles. The summed E-state index contributed by atoms with van der Waals surface area (Å²) in [5.41, 5.74) is -3.65. The van der Waals surface area contributed by atoms with Crippen LogP contribution in [-0.4, -0.2) is 29.3 Å². The SMILES string of the molecule is COC(=O)c1c(F)c(F)c(-c2cc(C(=O)O)on2)c(F)c1F. The zero-order valence-corrected chi connectivity index (χ0v) is 10.6. The van der Waals surface area contributed by atoms with Gasteiger partial charge in [-0.2, -0.15) is 0 Å². The first-order chi connectivity index (χ1) is 10.3. The van der Waals surface area contributed by atoms with Crippen LogP contribution in [0.5, 0.6) is 0 Å². The minimum Gasteiger partial charge on any atom is -0.475 e. The van der Waals surface area contributed by atoms with Crippen molar-refractivity contribution in [3.05, 3.63) is 40.7 Å². The Morgan fingerprint density at radius 1 is 1.14 bits per heavy atom. The lowest BCUT2D eigenvalue weighted by atomic mass is 10.0. The number of methoxy groups -OCH3 is 1. The highest BCUT2D eigenvalue weighted by Crippen LogP contribution is 2.32. The van der Waals surface area contributed by atoms with E-state index in [2.05, 4.69) is 14.4 Å². The van der Waals surface area contributed by atoms with Crippen molar-refractivity contribution in [2.45, 2.75) is 0 Å². The number of aromatic nitrogens is 1. The molecule has 0 aliphatic carbocycles. The van der Waals surface area contributed by atoms with E-state index in [0.29, 0.717) is 6.07 Å². The molecule has 1 aromatic carbocycles. The summed E-state index contributed by atoms with van der Waals surface area (Å²) in [6.45, 7) is 0. The van der Waals surface area contributed by atoms with Crippen LogP contribution in [0.25, 0.3) is 11.3 Å². The minimum absolute atomic E-state index is 0.570. The second-order valence-corrected chi connectivity index (χ2v) is 3.88. The summed E-state index contributed by atoms with van der Waals surface area (Å²) in [5.74, 6) is -11.9. The third kappa shape index (κ3) is 2.28. The molecule has 0 aliphatic heterocycles. The van der Waals surface area contributed by atoms with Crippen LogP contribution in [0.3, 0.4) is 0 Å². The number of hydrogen-bond acceptors (Lipinski definition) is 5. The van der Waals surface area contributed by atoms with Gasteiger partial charge in [0.05, 0.1) is 12.7 Å². The highest BCUT2D eigenvalue weighted by Gasteiger charge is 2.32. The number of carboxylic acid groups (broad SMARTS) is 1. The number of carboxylic acids is 1. The summed E-state index contributed by atoms with van der Waals surface area (Å²) in [6.07, 6.45) is 0. The molecule has 0 bridgehead atoms. The number of nitrogens with zero attached hydrogens (tertiary/aromatic N) is 1. The van der Waals surface area contributed by atoms with E-state index < -0.39 is 57.8 Å². The van der Waals surface area contributed by atoms with E-state index in [4.69, 9.17) is 5.11 Å². The molecule has 0 fully saturated rings. The molecule has 0 unspecified atom stereocenters. The van der Waals surface area contributed by atoms with Crippen molar-refractivity contribution in [1.29, 1.82) is 0 Å². The lowest BCUT2D eigenvalue weighted by molar-refractivity contribution is 0.0585. The molecule has 1 N–H and O–H groups in total. The van der Waals surface area contributed by atoms with Gasteiger partial charge in [-0.15, -0.1) is 0 Å². The van der Waals surface area contributed by atoms with E-state index in [1.807, 2.05) is 0 Å². The maximum absolute atomic E-state index is 13.9. The van der Waals surface area contributed by atoms with E-state index in [9.17, 15) is 27.2 Å². The van der Waals surface area contributed by atoms with Gasteiger partial charge >= 0.3 is 11.9 Å². The van der Waals surface area contributed by atoms with Crippen LogP contribution in [-0.2, 0) is 4.74 Å². The van der Waals surface area contributed by atoms with Crippen LogP contribution >= 0.6 is 0 Å². The fourth-order valence-corrected chi connectivity index (χ4v) is 1.63. The monoisotopic (exact) mass is 319 g/mol. The summed E-state index contributed by atoms with van der Waals surface area (Å²) >= 11 is 0. The Balaban J connectivity index is 2.72. The number of hydrogen-bond donors (Lipinski definition) is 1. The fourth-order valence-electron chi connectivity index (χ4n) is 1.63. The molecular weight excluding hydrogens is 314 g/mol. The average Bonchev–Trinajstić information content (AvgIpc) is 2.95. The number of rotatable bonds is 3. The van der Waals surface area contributed by atoms with E-state index in [1.165, 1.54) is 0 Å². The van der Waals surface area contributed by atoms with Crippen LogP contribution in [0.15, 0.2) is 10.6 Å². The third-order valence-electron chi connectivity index (χ3n) is 2.63. The quantitative estimate of drug-likeness (QED) is 0.531. The molecule has 0 amide bonds. The molecule has 0 spiro atoms. The minimum atomic E-state index is -2.00. The lowest BCUT2D eigenvalue weighted by Crippen LogP contribution is -2.13. The number of halogens is 4. The smallest absolute Gasteiger partial charge is 0.374 e. The number of benzene rings is 1. The zero-order chi connectivity index (χ0) is 16.6. The fraction of sp³-hybridized carbons (Fsp3) is 0.0833. The van der Waals surface area contributed by atoms with E-state index >= 15 is 0 Å². The molecule has 6 nitrogen and oxygen atoms in total. The third-order valence-corrected chi connectivity index (χ3v) is 2.63. The van der Waals surface area contributed by atoms with Gasteiger partial charge in [-0.25, -0.2) is 27.2 Å². The van der Waals surface area contributed by atoms with Gasteiger partial charge in [-0.05, 0) is 0 Å². The molecule has 10 heteroatoms. The van der Waals surface area contributed by atoms with E-state index in [0.717, 1.165) is 7.11 Å². The van der Waals surface area contributed by atoms with Crippen molar-refractivity contribution in [2.75, 3.05) is 7.11 Å². The van der Waals surface area contributed by atoms with Gasteiger partial charge in [0.1, 0.15) is 11.3 Å². The van der Waals surface area contributed by atoms with Gasteiger partial charge in [-0.1, -0.05) is 5.16 Å². The van der Waals surface area contributed by atoms with E-state index in [1.54, 1.807) is 0 Å². The molecule has 2 rings (SSSR count). The Morgan fingerprint density at radius 2 is 1.68 bits per heavy atom. The topological polar surface area (TPSA) is 89.6 Å². The summed E-state index contributed by atoms with van der Waals surface area (Å²) in [6, 6.07) is 0.570. The molecule has 0 aliphatic rings. The molecule has 0 atom stereocenters. The molecule has 1 heterocycles. The Morgan fingerprint density at radius 3 is 2.09 bits per heavy atom. The number of aromatic carboxylic acids is 1. The predicted octanol–water partition coefficient (Wildman–Crippen LogP) is 2.38. The van der Waals surface area contributed by atoms with Crippen molar-refractivity contribution in [3.63, 3.8) is 0 Å². The highest BCUT2D eigenvalue weighted by molar-refractivity contribution is 5.91. The van der Waals surface area contributed by atoms with Gasteiger partial charge in [0.15, 0.2) is 23.3 Å². The number of carbonyl (C=O) groups excluding carboxylic acids is 1. The Bertz CT molecular complexity index is 757. The molecule has 0 radical (unpaired) electrons. The van der Waals surface area contributed by atoms with Gasteiger partial charge < -0.3 is 14.4 Å². The zero-order valence-electron chi connectivity index (χ0n) is 10.6. The van der Waals surface area contributed by atoms with Crippen LogP contribution in [0.1, 0.15) is 20.9 Å². The standard InChI is InChI=1S/C12H5F4NO5/c1-21-12(20)6-9(15)7(13)5(8(14)10(6)16)3-2-4(11(18)19)22-17-3/h2H,1H3,(H,18,19). The van der Waals surface area contributed by atoms with Crippen LogP contribution in [0.4, 0.5) is 17.6 Å². The Hall–Kier alpha value is -2.91. The van der Waals surface area contributed by atoms with Crippen molar-refractivity contribution in [3.8, 4) is 11.3 Å². The molecule has 116 valence electrons.